The van der Waals surface area contributed by atoms with E-state index >= 15 is 0 Å². The summed E-state index contributed by atoms with van der Waals surface area (Å²) in [6, 6.07) is 0.460. The molecule has 3 heteroatoms. The zero-order valence-corrected chi connectivity index (χ0v) is 7.74. The quantitative estimate of drug-likeness (QED) is 0.687. The van der Waals surface area contributed by atoms with Crippen molar-refractivity contribution in [3.8, 4) is 6.01 Å². The van der Waals surface area contributed by atoms with Crippen molar-refractivity contribution in [1.29, 1.82) is 0 Å². The largest absolute Gasteiger partial charge is 0.461 e. The number of ether oxygens (including phenoxy) is 1. The monoisotopic (exact) mass is 166 g/mol. The normalized spacial score (nSPS) is 10.3. The van der Waals surface area contributed by atoms with Gasteiger partial charge in [-0.2, -0.15) is 0 Å². The van der Waals surface area contributed by atoms with Gasteiger partial charge in [-0.15, -0.1) is 0 Å². The third kappa shape index (κ3) is 2.49. The molecule has 0 aliphatic rings. The third-order valence-corrected chi connectivity index (χ3v) is 1.43. The van der Waals surface area contributed by atoms with Crippen molar-refractivity contribution in [3.63, 3.8) is 0 Å². The van der Waals surface area contributed by atoms with Gasteiger partial charge in [0.25, 0.3) is 0 Å². The van der Waals surface area contributed by atoms with Crippen molar-refractivity contribution in [2.45, 2.75) is 33.3 Å². The molecule has 12 heavy (non-hydrogen) atoms. The molecular formula is C9H14N2O. The van der Waals surface area contributed by atoms with Gasteiger partial charge < -0.3 is 4.74 Å². The first-order chi connectivity index (χ1) is 5.72. The minimum absolute atomic E-state index is 0.137. The van der Waals surface area contributed by atoms with Crippen molar-refractivity contribution in [2.24, 2.45) is 0 Å². The van der Waals surface area contributed by atoms with Crippen molar-refractivity contribution >= 4 is 0 Å². The van der Waals surface area contributed by atoms with Gasteiger partial charge in [0.2, 0.25) is 0 Å². The lowest BCUT2D eigenvalue weighted by Crippen LogP contribution is -2.08. The van der Waals surface area contributed by atoms with Crippen molar-refractivity contribution in [3.05, 3.63) is 18.0 Å². The Morgan fingerprint density at radius 3 is 2.33 bits per heavy atom. The van der Waals surface area contributed by atoms with Gasteiger partial charge in [-0.25, -0.2) is 9.97 Å². The number of aryl methyl sites for hydroxylation is 1. The van der Waals surface area contributed by atoms with Gasteiger partial charge in [0.15, 0.2) is 0 Å². The predicted molar refractivity (Wildman–Crippen MR) is 47.2 cm³/mol. The highest BCUT2D eigenvalue weighted by Gasteiger charge is 1.99. The summed E-state index contributed by atoms with van der Waals surface area (Å²) in [5, 5.41) is 0. The minimum Gasteiger partial charge on any atom is -0.461 e. The second-order valence-corrected chi connectivity index (χ2v) is 2.89. The first kappa shape index (κ1) is 8.97. The van der Waals surface area contributed by atoms with Gasteiger partial charge in [0, 0.05) is 12.4 Å². The summed E-state index contributed by atoms with van der Waals surface area (Å²) < 4.78 is 5.29. The average molecular weight is 166 g/mol. The van der Waals surface area contributed by atoms with Crippen LogP contribution in [0.1, 0.15) is 26.3 Å². The standard InChI is InChI=1S/C9H14N2O/c1-4-8-5-10-9(11-6-8)12-7(2)3/h5-7H,4H2,1-3H3. The molecule has 1 aromatic heterocycles. The number of nitrogens with zero attached hydrogens (tertiary/aromatic N) is 2. The first-order valence-corrected chi connectivity index (χ1v) is 4.20. The summed E-state index contributed by atoms with van der Waals surface area (Å²) in [5.41, 5.74) is 1.13. The number of hydrogen-bond acceptors (Lipinski definition) is 3. The van der Waals surface area contributed by atoms with E-state index in [-0.39, 0.29) is 6.10 Å². The maximum absolute atomic E-state index is 5.29. The van der Waals surface area contributed by atoms with Crippen LogP contribution >= 0.6 is 0 Å². The number of hydrogen-bond donors (Lipinski definition) is 0. The molecule has 1 heterocycles. The topological polar surface area (TPSA) is 35.0 Å². The zero-order valence-electron chi connectivity index (χ0n) is 7.74. The van der Waals surface area contributed by atoms with E-state index in [2.05, 4.69) is 16.9 Å². The number of aromatic nitrogens is 2. The fourth-order valence-corrected chi connectivity index (χ4v) is 0.797. The van der Waals surface area contributed by atoms with E-state index in [1.54, 1.807) is 12.4 Å². The Balaban J connectivity index is 2.65. The molecule has 0 unspecified atom stereocenters. The van der Waals surface area contributed by atoms with Gasteiger partial charge in [-0.05, 0) is 25.8 Å². The molecule has 0 atom stereocenters. The highest BCUT2D eigenvalue weighted by molar-refractivity contribution is 5.06. The van der Waals surface area contributed by atoms with E-state index in [1.807, 2.05) is 13.8 Å². The van der Waals surface area contributed by atoms with Crippen LogP contribution < -0.4 is 4.74 Å². The molecule has 66 valence electrons. The van der Waals surface area contributed by atoms with Gasteiger partial charge in [-0.1, -0.05) is 6.92 Å². The molecule has 1 rings (SSSR count). The van der Waals surface area contributed by atoms with Crippen LogP contribution in [0.3, 0.4) is 0 Å². The van der Waals surface area contributed by atoms with E-state index in [9.17, 15) is 0 Å². The maximum Gasteiger partial charge on any atom is 0.316 e. The van der Waals surface area contributed by atoms with Crippen LogP contribution in [0, 0.1) is 0 Å². The summed E-state index contributed by atoms with van der Waals surface area (Å²) in [5.74, 6) is 0. The molecule has 0 spiro atoms. The average Bonchev–Trinajstić information content (AvgIpc) is 2.05. The molecule has 0 aliphatic carbocycles. The van der Waals surface area contributed by atoms with Crippen molar-refractivity contribution in [2.75, 3.05) is 0 Å². The number of rotatable bonds is 3. The van der Waals surface area contributed by atoms with E-state index in [0.29, 0.717) is 6.01 Å². The SMILES string of the molecule is CCc1cnc(OC(C)C)nc1. The molecular weight excluding hydrogens is 152 g/mol. The molecule has 0 aliphatic heterocycles. The summed E-state index contributed by atoms with van der Waals surface area (Å²) in [7, 11) is 0. The van der Waals surface area contributed by atoms with Crippen molar-refractivity contribution in [1.82, 2.24) is 9.97 Å². The smallest absolute Gasteiger partial charge is 0.316 e. The Kier molecular flexibility index (Phi) is 3.02. The van der Waals surface area contributed by atoms with Crippen LogP contribution in [-0.2, 0) is 6.42 Å². The van der Waals surface area contributed by atoms with Crippen LogP contribution in [0.25, 0.3) is 0 Å². The van der Waals surface area contributed by atoms with Crippen molar-refractivity contribution < 1.29 is 4.74 Å². The second-order valence-electron chi connectivity index (χ2n) is 2.89. The highest BCUT2D eigenvalue weighted by Crippen LogP contribution is 2.04. The Bertz CT molecular complexity index is 231. The molecule has 1 aromatic rings. The third-order valence-electron chi connectivity index (χ3n) is 1.43. The molecule has 0 saturated carbocycles. The van der Waals surface area contributed by atoms with Crippen LogP contribution in [0.2, 0.25) is 0 Å². The second kappa shape index (κ2) is 4.04. The molecule has 0 fully saturated rings. The fraction of sp³-hybridized carbons (Fsp3) is 0.556. The van der Waals surface area contributed by atoms with Crippen LogP contribution in [-0.4, -0.2) is 16.1 Å². The molecule has 0 saturated heterocycles. The van der Waals surface area contributed by atoms with Gasteiger partial charge in [-0.3, -0.25) is 0 Å². The van der Waals surface area contributed by atoms with Crippen LogP contribution in [0.5, 0.6) is 6.01 Å². The fourth-order valence-electron chi connectivity index (χ4n) is 0.797. The lowest BCUT2D eigenvalue weighted by Gasteiger charge is -2.06. The summed E-state index contributed by atoms with van der Waals surface area (Å²) >= 11 is 0. The Morgan fingerprint density at radius 2 is 1.92 bits per heavy atom. The molecule has 0 bridgehead atoms. The van der Waals surface area contributed by atoms with Gasteiger partial charge >= 0.3 is 6.01 Å². The lowest BCUT2D eigenvalue weighted by atomic mass is 10.3. The maximum atomic E-state index is 5.29. The van der Waals surface area contributed by atoms with Crippen LogP contribution in [0.15, 0.2) is 12.4 Å². The summed E-state index contributed by atoms with van der Waals surface area (Å²) in [6.45, 7) is 5.98. The Hall–Kier alpha value is -1.12. The highest BCUT2D eigenvalue weighted by atomic mass is 16.5. The Morgan fingerprint density at radius 1 is 1.33 bits per heavy atom. The van der Waals surface area contributed by atoms with E-state index < -0.39 is 0 Å². The lowest BCUT2D eigenvalue weighted by molar-refractivity contribution is 0.222. The molecule has 0 amide bonds. The summed E-state index contributed by atoms with van der Waals surface area (Å²) in [4.78, 5) is 8.11. The van der Waals surface area contributed by atoms with E-state index in [0.717, 1.165) is 12.0 Å². The Labute approximate surface area is 72.8 Å². The van der Waals surface area contributed by atoms with Gasteiger partial charge in [0.05, 0.1) is 6.10 Å². The van der Waals surface area contributed by atoms with E-state index in [1.165, 1.54) is 0 Å². The van der Waals surface area contributed by atoms with Crippen LogP contribution in [0.4, 0.5) is 0 Å². The minimum atomic E-state index is 0.137. The zero-order chi connectivity index (χ0) is 8.97. The van der Waals surface area contributed by atoms with E-state index in [4.69, 9.17) is 4.74 Å². The summed E-state index contributed by atoms with van der Waals surface area (Å²) in [6.07, 6.45) is 4.69. The molecule has 3 nitrogen and oxygen atoms in total. The molecule has 0 N–H and O–H groups in total. The van der Waals surface area contributed by atoms with Gasteiger partial charge in [0.1, 0.15) is 0 Å². The predicted octanol–water partition coefficient (Wildman–Crippen LogP) is 1.83. The molecule has 0 aromatic carbocycles. The molecule has 0 radical (unpaired) electrons. The first-order valence-electron chi connectivity index (χ1n) is 4.20.